The fraction of sp³-hybridized carbons (Fsp3) is 0.611. The van der Waals surface area contributed by atoms with Crippen LogP contribution in [0.1, 0.15) is 51.2 Å². The monoisotopic (exact) mass is 350 g/mol. The molecule has 1 unspecified atom stereocenters. The van der Waals surface area contributed by atoms with Gasteiger partial charge in [-0.1, -0.05) is 45.0 Å². The lowest BCUT2D eigenvalue weighted by Crippen LogP contribution is -3.00. The van der Waals surface area contributed by atoms with Crippen molar-refractivity contribution in [2.45, 2.75) is 58.0 Å². The zero-order valence-corrected chi connectivity index (χ0v) is 15.1. The van der Waals surface area contributed by atoms with E-state index in [2.05, 4.69) is 60.9 Å². The topological polar surface area (TPSA) is 6.25 Å². The molecule has 2 aliphatic heterocycles. The van der Waals surface area contributed by atoms with Crippen molar-refractivity contribution in [1.82, 2.24) is 4.90 Å². The Balaban J connectivity index is 0.00000161. The van der Waals surface area contributed by atoms with E-state index >= 15 is 0 Å². The van der Waals surface area contributed by atoms with Crippen molar-refractivity contribution in [2.24, 2.45) is 0 Å². The molecule has 0 saturated carbocycles. The highest BCUT2D eigenvalue weighted by Crippen LogP contribution is 2.23. The number of halogens is 1. The maximum absolute atomic E-state index is 2.55. The summed E-state index contributed by atoms with van der Waals surface area (Å²) >= 11 is 0. The molecule has 1 atom stereocenters. The number of benzene rings is 1. The second-order valence-electron chi connectivity index (χ2n) is 7.38. The largest absolute Gasteiger partial charge is 1.00 e. The van der Waals surface area contributed by atoms with E-state index in [4.69, 9.17) is 0 Å². The van der Waals surface area contributed by atoms with Crippen molar-refractivity contribution in [3.8, 4) is 0 Å². The number of hydrogen-bond donors (Lipinski definition) is 0. The lowest BCUT2D eigenvalue weighted by atomic mass is 9.87. The highest BCUT2D eigenvalue weighted by Gasteiger charge is 2.33. The van der Waals surface area contributed by atoms with Gasteiger partial charge in [-0.15, -0.1) is 0 Å². The van der Waals surface area contributed by atoms with Gasteiger partial charge in [-0.25, -0.2) is 0 Å². The highest BCUT2D eigenvalue weighted by molar-refractivity contribution is 5.51. The molecule has 0 aliphatic carbocycles. The third-order valence-corrected chi connectivity index (χ3v) is 4.64. The number of fused-ring (bicyclic) bond motifs is 1. The smallest absolute Gasteiger partial charge is 0.234 e. The molecular weight excluding hydrogens is 324 g/mol. The minimum Gasteiger partial charge on any atom is -1.00 e. The average Bonchev–Trinajstić information content (AvgIpc) is 2.80. The first kappa shape index (κ1) is 16.5. The Morgan fingerprint density at radius 3 is 2.48 bits per heavy atom. The lowest BCUT2D eigenvalue weighted by Gasteiger charge is -2.21. The first-order valence-corrected chi connectivity index (χ1v) is 7.96. The van der Waals surface area contributed by atoms with Crippen molar-refractivity contribution < 1.29 is 21.6 Å². The van der Waals surface area contributed by atoms with Crippen LogP contribution in [0, 0.1) is 0 Å². The van der Waals surface area contributed by atoms with Crippen molar-refractivity contribution in [1.29, 1.82) is 0 Å². The number of piperidine rings is 1. The van der Waals surface area contributed by atoms with Crippen LogP contribution in [0.5, 0.6) is 0 Å². The fourth-order valence-electron chi connectivity index (χ4n) is 3.35. The zero-order valence-electron chi connectivity index (χ0n) is 13.5. The molecule has 3 heteroatoms. The summed E-state index contributed by atoms with van der Waals surface area (Å²) in [6.45, 7) is 10.3. The van der Waals surface area contributed by atoms with Crippen LogP contribution >= 0.6 is 0 Å². The molecule has 0 amide bonds. The first-order valence-electron chi connectivity index (χ1n) is 7.96. The molecule has 1 aromatic carbocycles. The van der Waals surface area contributed by atoms with Gasteiger partial charge in [0.25, 0.3) is 0 Å². The van der Waals surface area contributed by atoms with Crippen LogP contribution in [0.2, 0.25) is 0 Å². The third kappa shape index (κ3) is 3.88. The summed E-state index contributed by atoms with van der Waals surface area (Å²) in [5, 5.41) is 0. The summed E-state index contributed by atoms with van der Waals surface area (Å²) in [6.07, 6.45) is 6.50. The Kier molecular flexibility index (Phi) is 5.13. The van der Waals surface area contributed by atoms with Gasteiger partial charge in [-0.05, 0) is 35.8 Å². The summed E-state index contributed by atoms with van der Waals surface area (Å²) < 4.78 is 2.49. The second-order valence-corrected chi connectivity index (χ2v) is 7.38. The van der Waals surface area contributed by atoms with Gasteiger partial charge in [-0.2, -0.15) is 0 Å². The van der Waals surface area contributed by atoms with Gasteiger partial charge >= 0.3 is 0 Å². The Labute approximate surface area is 139 Å². The van der Waals surface area contributed by atoms with Gasteiger partial charge in [0.1, 0.15) is 19.1 Å². The third-order valence-electron chi connectivity index (χ3n) is 4.64. The molecule has 2 aliphatic rings. The van der Waals surface area contributed by atoms with Crippen molar-refractivity contribution in [2.75, 3.05) is 13.1 Å². The summed E-state index contributed by atoms with van der Waals surface area (Å²) in [4.78, 5) is 2.55. The summed E-state index contributed by atoms with van der Waals surface area (Å²) in [7, 11) is 0. The van der Waals surface area contributed by atoms with Crippen LogP contribution in [-0.4, -0.2) is 34.9 Å². The van der Waals surface area contributed by atoms with Gasteiger partial charge in [0, 0.05) is 0 Å². The quantitative estimate of drug-likeness (QED) is 0.699. The Hall–Kier alpha value is -0.830. The van der Waals surface area contributed by atoms with E-state index in [9.17, 15) is 0 Å². The molecule has 21 heavy (non-hydrogen) atoms. The molecule has 0 aromatic heterocycles. The predicted molar refractivity (Wildman–Crippen MR) is 84.4 cm³/mol. The number of hydrogen-bond acceptors (Lipinski definition) is 1. The Morgan fingerprint density at radius 2 is 1.86 bits per heavy atom. The molecule has 0 bridgehead atoms. The maximum atomic E-state index is 2.55. The van der Waals surface area contributed by atoms with E-state index in [1.54, 1.807) is 0 Å². The van der Waals surface area contributed by atoms with Crippen LogP contribution in [0.4, 0.5) is 0 Å². The summed E-state index contributed by atoms with van der Waals surface area (Å²) in [5.74, 6) is 0. The van der Waals surface area contributed by atoms with E-state index in [-0.39, 0.29) is 22.4 Å². The second kappa shape index (κ2) is 6.51. The molecule has 0 N–H and O–H groups in total. The maximum Gasteiger partial charge on any atom is 0.234 e. The van der Waals surface area contributed by atoms with Crippen LogP contribution in [0.25, 0.3) is 0 Å². The average molecular weight is 351 g/mol. The van der Waals surface area contributed by atoms with E-state index in [0.717, 1.165) is 12.6 Å². The van der Waals surface area contributed by atoms with Crippen LogP contribution in [0.15, 0.2) is 24.3 Å². The van der Waals surface area contributed by atoms with Gasteiger partial charge in [0.05, 0.1) is 6.54 Å². The van der Waals surface area contributed by atoms with Crippen LogP contribution in [0.3, 0.4) is 0 Å². The number of rotatable bonds is 2. The van der Waals surface area contributed by atoms with Crippen LogP contribution < -0.4 is 17.0 Å². The van der Waals surface area contributed by atoms with Gasteiger partial charge in [-0.3, -0.25) is 9.48 Å². The van der Waals surface area contributed by atoms with E-state index in [1.807, 2.05) is 0 Å². The SMILES string of the molecule is CC(C)(C)c1ccc(C[N+]2=CN3CCCCC3C2)cc1.[Br-]. The predicted octanol–water partition coefficient (Wildman–Crippen LogP) is 0.397. The summed E-state index contributed by atoms with van der Waals surface area (Å²) in [5.41, 5.74) is 3.09. The normalized spacial score (nSPS) is 21.6. The van der Waals surface area contributed by atoms with Crippen molar-refractivity contribution >= 4 is 6.34 Å². The van der Waals surface area contributed by atoms with Gasteiger partial charge in [0.15, 0.2) is 0 Å². The Morgan fingerprint density at radius 1 is 1.14 bits per heavy atom. The molecule has 1 saturated heterocycles. The molecule has 2 heterocycles. The minimum atomic E-state index is 0. The molecule has 3 rings (SSSR count). The fourth-order valence-corrected chi connectivity index (χ4v) is 3.35. The summed E-state index contributed by atoms with van der Waals surface area (Å²) in [6, 6.07) is 9.95. The molecule has 0 radical (unpaired) electrons. The number of nitrogens with zero attached hydrogens (tertiary/aromatic N) is 2. The molecule has 116 valence electrons. The highest BCUT2D eigenvalue weighted by atomic mass is 79.9. The van der Waals surface area contributed by atoms with Crippen molar-refractivity contribution in [3.63, 3.8) is 0 Å². The molecule has 0 spiro atoms. The van der Waals surface area contributed by atoms with Gasteiger partial charge in [0.2, 0.25) is 6.34 Å². The van der Waals surface area contributed by atoms with Crippen molar-refractivity contribution in [3.05, 3.63) is 35.4 Å². The van der Waals surface area contributed by atoms with Gasteiger partial charge < -0.3 is 17.0 Å². The lowest BCUT2D eigenvalue weighted by molar-refractivity contribution is -0.533. The van der Waals surface area contributed by atoms with Crippen LogP contribution in [-0.2, 0) is 12.0 Å². The molecule has 1 aromatic rings. The van der Waals surface area contributed by atoms with E-state index in [0.29, 0.717) is 0 Å². The Bertz CT molecular complexity index is 499. The zero-order chi connectivity index (χ0) is 14.2. The molecule has 1 fully saturated rings. The molecule has 2 nitrogen and oxygen atoms in total. The standard InChI is InChI=1S/C18H27N2.BrH/c1-18(2,3)16-9-7-15(8-10-16)12-19-13-17-6-4-5-11-20(17)14-19;/h7-10,14,17H,4-6,11-13H2,1-3H3;1H/q+1;/p-1. The van der Waals surface area contributed by atoms with E-state index in [1.165, 1.54) is 43.5 Å². The first-order chi connectivity index (χ1) is 9.52. The van der Waals surface area contributed by atoms with E-state index < -0.39 is 0 Å². The minimum absolute atomic E-state index is 0. The molecular formula is C18H27BrN2.